The van der Waals surface area contributed by atoms with Crippen molar-refractivity contribution in [3.8, 4) is 0 Å². The van der Waals surface area contributed by atoms with Crippen LogP contribution in [0.3, 0.4) is 0 Å². The van der Waals surface area contributed by atoms with Crippen LogP contribution in [0.25, 0.3) is 0 Å². The molecule has 3 aromatic rings. The van der Waals surface area contributed by atoms with Gasteiger partial charge in [0.1, 0.15) is 5.25 Å². The zero-order chi connectivity index (χ0) is 22.6. The highest BCUT2D eigenvalue weighted by molar-refractivity contribution is 7.94. The largest absolute Gasteiger partial charge is 0.398 e. The second-order valence-electron chi connectivity index (χ2n) is 7.26. The van der Waals surface area contributed by atoms with Crippen molar-refractivity contribution in [3.05, 3.63) is 88.9 Å². The molecule has 4 rings (SSSR count). The van der Waals surface area contributed by atoms with Gasteiger partial charge in [0.15, 0.2) is 9.84 Å². The molecule has 0 radical (unpaired) electrons. The summed E-state index contributed by atoms with van der Waals surface area (Å²) in [5.74, 6) is 0. The molecule has 3 aromatic carbocycles. The standard InChI is InChI=1S/C21H19ClN2O5S2/c1-24-19-10-6-5-9-16(19)20(30(25,26)15-11-12-18(23)17(22)13-15)21(24,31(27,28)29)14-7-3-2-4-8-14/h2-13,20H,23H2,1H3,(H,27,28,29). The van der Waals surface area contributed by atoms with Crippen LogP contribution in [0.1, 0.15) is 16.4 Å². The molecule has 2 atom stereocenters. The molecule has 10 heteroatoms. The van der Waals surface area contributed by atoms with Crippen molar-refractivity contribution in [2.75, 3.05) is 17.7 Å². The van der Waals surface area contributed by atoms with Crippen molar-refractivity contribution in [2.45, 2.75) is 15.0 Å². The molecule has 7 nitrogen and oxygen atoms in total. The highest BCUT2D eigenvalue weighted by atomic mass is 35.5. The topological polar surface area (TPSA) is 118 Å². The van der Waals surface area contributed by atoms with Gasteiger partial charge in [0.25, 0.3) is 10.1 Å². The fourth-order valence-corrected chi connectivity index (χ4v) is 8.58. The maximum absolute atomic E-state index is 13.9. The number of likely N-dealkylation sites (N-methyl/N-ethyl adjacent to an activating group) is 1. The molecule has 0 saturated carbocycles. The predicted molar refractivity (Wildman–Crippen MR) is 120 cm³/mol. The van der Waals surface area contributed by atoms with Crippen LogP contribution in [-0.4, -0.2) is 28.4 Å². The number of anilines is 2. The Labute approximate surface area is 185 Å². The number of hydrogen-bond donors (Lipinski definition) is 2. The summed E-state index contributed by atoms with van der Waals surface area (Å²) >= 11 is 6.07. The lowest BCUT2D eigenvalue weighted by molar-refractivity contribution is 0.417. The summed E-state index contributed by atoms with van der Waals surface area (Å²) in [5.41, 5.74) is 6.66. The first-order chi connectivity index (χ1) is 14.5. The van der Waals surface area contributed by atoms with Crippen molar-refractivity contribution in [2.24, 2.45) is 0 Å². The molecule has 162 valence electrons. The molecule has 3 N–H and O–H groups in total. The van der Waals surface area contributed by atoms with Crippen LogP contribution >= 0.6 is 11.6 Å². The van der Waals surface area contributed by atoms with Gasteiger partial charge >= 0.3 is 0 Å². The fourth-order valence-electron chi connectivity index (χ4n) is 4.26. The lowest BCUT2D eigenvalue weighted by atomic mass is 10.0. The third kappa shape index (κ3) is 3.03. The van der Waals surface area contributed by atoms with Crippen LogP contribution in [0.4, 0.5) is 11.4 Å². The average Bonchev–Trinajstić information content (AvgIpc) is 3.01. The van der Waals surface area contributed by atoms with Crippen LogP contribution in [0.2, 0.25) is 5.02 Å². The summed E-state index contributed by atoms with van der Waals surface area (Å²) in [6.45, 7) is 0. The van der Waals surface area contributed by atoms with Crippen molar-refractivity contribution in [3.63, 3.8) is 0 Å². The lowest BCUT2D eigenvalue weighted by Crippen LogP contribution is -2.52. The van der Waals surface area contributed by atoms with Gasteiger partial charge < -0.3 is 10.6 Å². The molecule has 0 aromatic heterocycles. The number of sulfone groups is 1. The Bertz CT molecular complexity index is 1380. The number of nitrogens with zero attached hydrogens (tertiary/aromatic N) is 1. The molecule has 1 heterocycles. The second-order valence-corrected chi connectivity index (χ2v) is 11.3. The number of halogens is 1. The minimum Gasteiger partial charge on any atom is -0.398 e. The monoisotopic (exact) mass is 478 g/mol. The van der Waals surface area contributed by atoms with Gasteiger partial charge in [0.05, 0.1) is 15.6 Å². The van der Waals surface area contributed by atoms with Crippen LogP contribution in [0, 0.1) is 0 Å². The van der Waals surface area contributed by atoms with E-state index in [-0.39, 0.29) is 26.7 Å². The molecule has 1 aliphatic heterocycles. The van der Waals surface area contributed by atoms with Gasteiger partial charge in [-0.1, -0.05) is 60.1 Å². The molecule has 31 heavy (non-hydrogen) atoms. The predicted octanol–water partition coefficient (Wildman–Crippen LogP) is 3.63. The zero-order valence-corrected chi connectivity index (χ0v) is 18.7. The van der Waals surface area contributed by atoms with Gasteiger partial charge in [-0.05, 0) is 35.4 Å². The number of nitrogens with two attached hydrogens (primary N) is 1. The summed E-state index contributed by atoms with van der Waals surface area (Å²) in [5, 5.41) is -1.64. The Balaban J connectivity index is 2.13. The van der Waals surface area contributed by atoms with E-state index in [1.54, 1.807) is 42.5 Å². The number of para-hydroxylation sites is 1. The Hall–Kier alpha value is -2.59. The third-order valence-corrected chi connectivity index (χ3v) is 9.76. The molecule has 2 unspecified atom stereocenters. The van der Waals surface area contributed by atoms with Gasteiger partial charge in [-0.15, -0.1) is 0 Å². The molecule has 0 saturated heterocycles. The first-order valence-electron chi connectivity index (χ1n) is 9.17. The van der Waals surface area contributed by atoms with E-state index in [1.807, 2.05) is 0 Å². The first-order valence-corrected chi connectivity index (χ1v) is 12.5. The minimum atomic E-state index is -5.00. The van der Waals surface area contributed by atoms with Crippen LogP contribution < -0.4 is 10.6 Å². The van der Waals surface area contributed by atoms with Crippen molar-refractivity contribution >= 4 is 42.9 Å². The summed E-state index contributed by atoms with van der Waals surface area (Å²) < 4.78 is 64.5. The molecule has 1 aliphatic rings. The maximum atomic E-state index is 13.9. The van der Waals surface area contributed by atoms with E-state index in [9.17, 15) is 21.4 Å². The third-order valence-electron chi connectivity index (χ3n) is 5.63. The minimum absolute atomic E-state index is 0.0258. The van der Waals surface area contributed by atoms with E-state index in [0.717, 1.165) is 0 Å². The van der Waals surface area contributed by atoms with Gasteiger partial charge in [0.2, 0.25) is 4.87 Å². The van der Waals surface area contributed by atoms with E-state index < -0.39 is 30.1 Å². The molecular formula is C21H19ClN2O5S2. The summed E-state index contributed by atoms with van der Waals surface area (Å²) in [6, 6.07) is 18.1. The highest BCUT2D eigenvalue weighted by Gasteiger charge is 2.65. The Kier molecular flexibility index (Phi) is 5.05. The molecule has 0 spiro atoms. The van der Waals surface area contributed by atoms with Crippen LogP contribution in [-0.2, 0) is 24.8 Å². The van der Waals surface area contributed by atoms with E-state index >= 15 is 0 Å². The summed E-state index contributed by atoms with van der Waals surface area (Å²) in [6.07, 6.45) is 0. The van der Waals surface area contributed by atoms with E-state index in [2.05, 4.69) is 0 Å². The highest BCUT2D eigenvalue weighted by Crippen LogP contribution is 2.58. The number of nitrogen functional groups attached to an aromatic ring is 1. The van der Waals surface area contributed by atoms with E-state index in [4.69, 9.17) is 17.3 Å². The molecule has 0 fully saturated rings. The fraction of sp³-hybridized carbons (Fsp3) is 0.143. The summed E-state index contributed by atoms with van der Waals surface area (Å²) in [4.78, 5) is -1.22. The number of hydrogen-bond acceptors (Lipinski definition) is 6. The van der Waals surface area contributed by atoms with Gasteiger partial charge in [-0.2, -0.15) is 8.42 Å². The second kappa shape index (κ2) is 7.23. The Morgan fingerprint density at radius 2 is 1.58 bits per heavy atom. The van der Waals surface area contributed by atoms with Gasteiger partial charge in [-0.3, -0.25) is 4.55 Å². The quantitative estimate of drug-likeness (QED) is 0.434. The van der Waals surface area contributed by atoms with E-state index in [1.165, 1.54) is 42.3 Å². The molecule has 0 aliphatic carbocycles. The van der Waals surface area contributed by atoms with Gasteiger partial charge in [-0.25, -0.2) is 8.42 Å². The SMILES string of the molecule is CN1c2ccccc2C(S(=O)(=O)c2ccc(N)c(Cl)c2)C1(c1ccccc1)S(=O)(=O)O. The maximum Gasteiger partial charge on any atom is 0.295 e. The Morgan fingerprint density at radius 1 is 0.968 bits per heavy atom. The van der Waals surface area contributed by atoms with Gasteiger partial charge in [0, 0.05) is 12.7 Å². The molecular weight excluding hydrogens is 460 g/mol. The smallest absolute Gasteiger partial charge is 0.295 e. The first kappa shape index (κ1) is 21.6. The number of rotatable bonds is 4. The van der Waals surface area contributed by atoms with Crippen molar-refractivity contribution < 1.29 is 21.4 Å². The summed E-state index contributed by atoms with van der Waals surface area (Å²) in [7, 11) is -7.94. The van der Waals surface area contributed by atoms with Crippen LogP contribution in [0.15, 0.2) is 77.7 Å². The number of benzene rings is 3. The van der Waals surface area contributed by atoms with E-state index in [0.29, 0.717) is 5.69 Å². The Morgan fingerprint density at radius 3 is 2.19 bits per heavy atom. The lowest BCUT2D eigenvalue weighted by Gasteiger charge is -2.38. The average molecular weight is 479 g/mol. The number of fused-ring (bicyclic) bond motifs is 1. The van der Waals surface area contributed by atoms with Crippen molar-refractivity contribution in [1.29, 1.82) is 0 Å². The van der Waals surface area contributed by atoms with Crippen molar-refractivity contribution in [1.82, 2.24) is 0 Å². The zero-order valence-electron chi connectivity index (χ0n) is 16.3. The van der Waals surface area contributed by atoms with Crippen LogP contribution in [0.5, 0.6) is 0 Å². The molecule has 0 bridgehead atoms. The molecule has 0 amide bonds. The normalized spacial score (nSPS) is 21.1.